The third-order valence-electron chi connectivity index (χ3n) is 4.85. The van der Waals surface area contributed by atoms with Crippen LogP contribution in [0.4, 0.5) is 9.93 Å². The van der Waals surface area contributed by atoms with Crippen LogP contribution in [0.2, 0.25) is 0 Å². The first-order valence-electron chi connectivity index (χ1n) is 8.94. The number of thiazole rings is 1. The number of aromatic nitrogens is 1. The molecule has 5 nitrogen and oxygen atoms in total. The highest BCUT2D eigenvalue weighted by Crippen LogP contribution is 2.24. The summed E-state index contributed by atoms with van der Waals surface area (Å²) in [7, 11) is 0. The minimum absolute atomic E-state index is 0.0286. The van der Waals surface area contributed by atoms with Gasteiger partial charge in [-0.15, -0.1) is 11.3 Å². The van der Waals surface area contributed by atoms with Crippen LogP contribution in [0.1, 0.15) is 51.1 Å². The molecule has 2 N–H and O–H groups in total. The lowest BCUT2D eigenvalue weighted by molar-refractivity contribution is 0.227. The molecule has 6 heteroatoms. The third-order valence-corrected chi connectivity index (χ3v) is 5.80. The first kappa shape index (κ1) is 16.6. The molecule has 2 aliphatic rings. The van der Waals surface area contributed by atoms with Crippen LogP contribution in [0.15, 0.2) is 5.38 Å². The van der Waals surface area contributed by atoms with Gasteiger partial charge >= 0.3 is 6.03 Å². The number of carbonyl (C=O) groups is 1. The maximum absolute atomic E-state index is 12.0. The predicted octanol–water partition coefficient (Wildman–Crippen LogP) is 3.16. The van der Waals surface area contributed by atoms with Gasteiger partial charge in [-0.05, 0) is 31.6 Å². The zero-order chi connectivity index (χ0) is 16.1. The quantitative estimate of drug-likeness (QED) is 0.868. The Morgan fingerprint density at radius 3 is 2.96 bits per heavy atom. The second-order valence-corrected chi connectivity index (χ2v) is 7.77. The largest absolute Gasteiger partial charge is 0.348 e. The Hall–Kier alpha value is -1.30. The molecule has 1 aromatic rings. The average molecular weight is 337 g/mol. The topological polar surface area (TPSA) is 57.3 Å². The van der Waals surface area contributed by atoms with Crippen LogP contribution < -0.4 is 15.5 Å². The van der Waals surface area contributed by atoms with Gasteiger partial charge < -0.3 is 15.5 Å². The van der Waals surface area contributed by atoms with Crippen molar-refractivity contribution in [3.05, 3.63) is 11.1 Å². The monoisotopic (exact) mass is 336 g/mol. The number of urea groups is 1. The highest BCUT2D eigenvalue weighted by Gasteiger charge is 2.20. The van der Waals surface area contributed by atoms with Gasteiger partial charge in [0, 0.05) is 37.5 Å². The Labute approximate surface area is 142 Å². The van der Waals surface area contributed by atoms with Gasteiger partial charge in [-0.1, -0.05) is 19.8 Å². The van der Waals surface area contributed by atoms with E-state index in [9.17, 15) is 4.79 Å². The summed E-state index contributed by atoms with van der Waals surface area (Å²) in [6, 6.07) is 0.318. The SMILES string of the molecule is C[C@H]1CCC[C@H](NC(=O)NCCc2csc(N3CCCC3)n2)C1. The Bertz CT molecular complexity index is 512. The lowest BCUT2D eigenvalue weighted by atomic mass is 9.87. The molecule has 1 aliphatic heterocycles. The predicted molar refractivity (Wildman–Crippen MR) is 95.2 cm³/mol. The minimum atomic E-state index is -0.0286. The van der Waals surface area contributed by atoms with Crippen molar-refractivity contribution in [3.63, 3.8) is 0 Å². The molecule has 0 radical (unpaired) electrons. The van der Waals surface area contributed by atoms with Crippen LogP contribution in [-0.2, 0) is 6.42 Å². The van der Waals surface area contributed by atoms with Crippen molar-refractivity contribution < 1.29 is 4.79 Å². The molecule has 1 saturated heterocycles. The van der Waals surface area contributed by atoms with Crippen molar-refractivity contribution in [1.29, 1.82) is 0 Å². The molecule has 128 valence electrons. The van der Waals surface area contributed by atoms with Crippen molar-refractivity contribution in [1.82, 2.24) is 15.6 Å². The summed E-state index contributed by atoms with van der Waals surface area (Å²) in [6.07, 6.45) is 8.10. The Balaban J connectivity index is 1.36. The maximum Gasteiger partial charge on any atom is 0.315 e. The van der Waals surface area contributed by atoms with Gasteiger partial charge in [0.25, 0.3) is 0 Å². The zero-order valence-electron chi connectivity index (χ0n) is 14.0. The van der Waals surface area contributed by atoms with Crippen LogP contribution in [0.5, 0.6) is 0 Å². The van der Waals surface area contributed by atoms with Gasteiger partial charge in [0.15, 0.2) is 5.13 Å². The standard InChI is InChI=1S/C17H28N4OS/c1-13-5-4-6-14(11-13)19-16(22)18-8-7-15-12-23-17(20-15)21-9-2-3-10-21/h12-14H,2-11H2,1H3,(H2,18,19,22)/t13-,14-/m0/s1. The molecule has 0 aromatic carbocycles. The van der Waals surface area contributed by atoms with E-state index in [1.807, 2.05) is 0 Å². The minimum Gasteiger partial charge on any atom is -0.348 e. The van der Waals surface area contributed by atoms with Gasteiger partial charge in [-0.3, -0.25) is 0 Å². The van der Waals surface area contributed by atoms with E-state index in [1.165, 1.54) is 25.7 Å². The summed E-state index contributed by atoms with van der Waals surface area (Å²) in [6.45, 7) is 5.18. The summed E-state index contributed by atoms with van der Waals surface area (Å²) in [5.74, 6) is 0.730. The second kappa shape index (κ2) is 7.99. The van der Waals surface area contributed by atoms with Gasteiger partial charge in [0.1, 0.15) is 0 Å². The Kier molecular flexibility index (Phi) is 5.75. The molecule has 23 heavy (non-hydrogen) atoms. The number of anilines is 1. The van der Waals surface area contributed by atoms with E-state index in [4.69, 9.17) is 0 Å². The number of carbonyl (C=O) groups excluding carboxylic acids is 1. The van der Waals surface area contributed by atoms with E-state index in [-0.39, 0.29) is 6.03 Å². The fourth-order valence-electron chi connectivity index (χ4n) is 3.57. The average Bonchev–Trinajstić information content (AvgIpc) is 3.18. The second-order valence-electron chi connectivity index (χ2n) is 6.93. The number of amides is 2. The van der Waals surface area contributed by atoms with E-state index in [2.05, 4.69) is 32.8 Å². The molecule has 0 unspecified atom stereocenters. The molecule has 1 aromatic heterocycles. The van der Waals surface area contributed by atoms with E-state index < -0.39 is 0 Å². The third kappa shape index (κ3) is 4.83. The van der Waals surface area contributed by atoms with Crippen LogP contribution in [0.3, 0.4) is 0 Å². The van der Waals surface area contributed by atoms with E-state index in [0.29, 0.717) is 12.6 Å². The van der Waals surface area contributed by atoms with Gasteiger partial charge in [-0.2, -0.15) is 0 Å². The van der Waals surface area contributed by atoms with Crippen molar-refractivity contribution in [2.45, 2.75) is 57.9 Å². The number of nitrogens with zero attached hydrogens (tertiary/aromatic N) is 2. The van der Waals surface area contributed by atoms with Crippen molar-refractivity contribution in [3.8, 4) is 0 Å². The number of hydrogen-bond acceptors (Lipinski definition) is 4. The smallest absolute Gasteiger partial charge is 0.315 e. The molecule has 0 spiro atoms. The molecule has 1 aliphatic carbocycles. The van der Waals surface area contributed by atoms with Gasteiger partial charge in [0.05, 0.1) is 5.69 Å². The summed E-state index contributed by atoms with van der Waals surface area (Å²) in [5.41, 5.74) is 1.09. The van der Waals surface area contributed by atoms with Crippen LogP contribution in [-0.4, -0.2) is 36.7 Å². The first-order chi connectivity index (χ1) is 11.2. The molecule has 3 rings (SSSR count). The van der Waals surface area contributed by atoms with E-state index in [1.54, 1.807) is 11.3 Å². The Morgan fingerprint density at radius 1 is 1.35 bits per heavy atom. The fourth-order valence-corrected chi connectivity index (χ4v) is 4.48. The molecule has 2 heterocycles. The molecule has 0 bridgehead atoms. The van der Waals surface area contributed by atoms with Crippen LogP contribution in [0.25, 0.3) is 0 Å². The lowest BCUT2D eigenvalue weighted by Crippen LogP contribution is -2.44. The molecule has 2 atom stereocenters. The van der Waals surface area contributed by atoms with Gasteiger partial charge in [-0.25, -0.2) is 9.78 Å². The molecular formula is C17H28N4OS. The normalized spacial score (nSPS) is 24.7. The number of nitrogens with one attached hydrogen (secondary N) is 2. The van der Waals surface area contributed by atoms with Gasteiger partial charge in [0.2, 0.25) is 0 Å². The summed E-state index contributed by atoms with van der Waals surface area (Å²) in [4.78, 5) is 19.0. The van der Waals surface area contributed by atoms with Crippen molar-refractivity contribution in [2.75, 3.05) is 24.5 Å². The molecule has 2 amide bonds. The number of rotatable bonds is 5. The summed E-state index contributed by atoms with van der Waals surface area (Å²) in [5, 5.41) is 9.34. The molecule has 1 saturated carbocycles. The Morgan fingerprint density at radius 2 is 2.17 bits per heavy atom. The van der Waals surface area contributed by atoms with Crippen LogP contribution >= 0.6 is 11.3 Å². The molecular weight excluding hydrogens is 308 g/mol. The molecule has 2 fully saturated rings. The van der Waals surface area contributed by atoms with Crippen LogP contribution in [0, 0.1) is 5.92 Å². The van der Waals surface area contributed by atoms with Crippen molar-refractivity contribution in [2.24, 2.45) is 5.92 Å². The van der Waals surface area contributed by atoms with E-state index >= 15 is 0 Å². The first-order valence-corrected chi connectivity index (χ1v) is 9.82. The summed E-state index contributed by atoms with van der Waals surface area (Å²) < 4.78 is 0. The summed E-state index contributed by atoms with van der Waals surface area (Å²) >= 11 is 1.72. The zero-order valence-corrected chi connectivity index (χ0v) is 14.8. The van der Waals surface area contributed by atoms with Crippen molar-refractivity contribution >= 4 is 22.5 Å². The fraction of sp³-hybridized carbons (Fsp3) is 0.765. The maximum atomic E-state index is 12.0. The highest BCUT2D eigenvalue weighted by atomic mass is 32.1. The number of hydrogen-bond donors (Lipinski definition) is 2. The lowest BCUT2D eigenvalue weighted by Gasteiger charge is -2.27. The van der Waals surface area contributed by atoms with E-state index in [0.717, 1.165) is 49.1 Å². The highest BCUT2D eigenvalue weighted by molar-refractivity contribution is 7.13.